The van der Waals surface area contributed by atoms with Gasteiger partial charge in [-0.1, -0.05) is 0 Å². The lowest BCUT2D eigenvalue weighted by Crippen LogP contribution is -2.44. The van der Waals surface area contributed by atoms with Crippen LogP contribution in [0.2, 0.25) is 0 Å². The van der Waals surface area contributed by atoms with E-state index in [1.54, 1.807) is 6.07 Å². The molecule has 0 spiro atoms. The summed E-state index contributed by atoms with van der Waals surface area (Å²) in [6, 6.07) is 8.21. The molecule has 4 aliphatic rings. The van der Waals surface area contributed by atoms with Gasteiger partial charge in [0.1, 0.15) is 15.9 Å². The summed E-state index contributed by atoms with van der Waals surface area (Å²) in [6.07, 6.45) is 5.67. The van der Waals surface area contributed by atoms with Crippen molar-refractivity contribution in [2.75, 3.05) is 0 Å². The Hall–Kier alpha value is 0.0100. The molecule has 5 nitrogen and oxygen atoms in total. The van der Waals surface area contributed by atoms with E-state index in [0.717, 1.165) is 48.2 Å². The van der Waals surface area contributed by atoms with Crippen molar-refractivity contribution < 1.29 is 22.5 Å². The number of rotatable bonds is 4. The lowest BCUT2D eigenvalue weighted by atomic mass is 9.51. The van der Waals surface area contributed by atoms with E-state index < -0.39 is 16.1 Å². The van der Waals surface area contributed by atoms with Crippen LogP contribution in [0.5, 0.6) is 5.75 Å². The summed E-state index contributed by atoms with van der Waals surface area (Å²) < 4.78 is 44.6. The molecule has 0 radical (unpaired) electrons. The van der Waals surface area contributed by atoms with Gasteiger partial charge < -0.3 is 9.29 Å². The minimum atomic E-state index is -4.63. The second-order valence-electron chi connectivity index (χ2n) is 9.24. The zero-order chi connectivity index (χ0) is 22.8. The molecule has 2 aromatic rings. The highest BCUT2D eigenvalue weighted by Gasteiger charge is 2.49. The van der Waals surface area contributed by atoms with Crippen molar-refractivity contribution in [3.63, 3.8) is 0 Å². The highest BCUT2D eigenvalue weighted by molar-refractivity contribution is 14.1. The van der Waals surface area contributed by atoms with Gasteiger partial charge in [0.2, 0.25) is 0 Å². The standard InChI is InChI=1S/C23H21I3O5S/c24-15-8-18(25)22(19(26)9-15)23(27)31-16-1-2-20(32(28,29)30)17(10-16)21-13-4-11-3-12(6-13)7-14(21)5-11/h1-2,8-14,21H,3-7H2,(H,28,29,30)/p-1. The van der Waals surface area contributed by atoms with Gasteiger partial charge in [-0.2, -0.15) is 0 Å². The molecular weight excluding hydrogens is 769 g/mol. The molecule has 9 heteroatoms. The molecule has 2 aromatic carbocycles. The highest BCUT2D eigenvalue weighted by atomic mass is 127. The van der Waals surface area contributed by atoms with Crippen LogP contribution in [-0.2, 0) is 10.1 Å². The van der Waals surface area contributed by atoms with Gasteiger partial charge in [0.05, 0.1) is 10.5 Å². The predicted molar refractivity (Wildman–Crippen MR) is 144 cm³/mol. The number of carbonyl (C=O) groups excluding carboxylic acids is 1. The van der Waals surface area contributed by atoms with Gasteiger partial charge in [-0.15, -0.1) is 0 Å². The number of ether oxygens (including phenoxy) is 1. The largest absolute Gasteiger partial charge is 0.744 e. The first kappa shape index (κ1) is 23.7. The molecule has 0 saturated heterocycles. The summed E-state index contributed by atoms with van der Waals surface area (Å²) in [7, 11) is -4.63. The van der Waals surface area contributed by atoms with Crippen LogP contribution in [0.3, 0.4) is 0 Å². The third-order valence-corrected chi connectivity index (χ3v) is 10.5. The second kappa shape index (κ2) is 8.90. The maximum absolute atomic E-state index is 13.0. The Kier molecular flexibility index (Phi) is 6.60. The Balaban J connectivity index is 1.51. The van der Waals surface area contributed by atoms with Gasteiger partial charge in [-0.3, -0.25) is 0 Å². The van der Waals surface area contributed by atoms with Crippen LogP contribution < -0.4 is 4.74 Å². The fourth-order valence-corrected chi connectivity index (χ4v) is 11.1. The van der Waals surface area contributed by atoms with Crippen LogP contribution in [0.1, 0.15) is 53.9 Å². The summed E-state index contributed by atoms with van der Waals surface area (Å²) in [4.78, 5) is 12.8. The normalized spacial score (nSPS) is 28.7. The maximum atomic E-state index is 13.0. The van der Waals surface area contributed by atoms with Crippen LogP contribution in [0, 0.1) is 34.4 Å². The molecule has 0 amide bonds. The number of carbonyl (C=O) groups is 1. The van der Waals surface area contributed by atoms with Crippen molar-refractivity contribution in [1.82, 2.24) is 0 Å². The highest BCUT2D eigenvalue weighted by Crippen LogP contribution is 2.60. The molecule has 0 aliphatic heterocycles. The summed E-state index contributed by atoms with van der Waals surface area (Å²) in [5.74, 6) is 2.10. The summed E-state index contributed by atoms with van der Waals surface area (Å²) in [5.41, 5.74) is 1.04. The molecule has 32 heavy (non-hydrogen) atoms. The molecule has 6 rings (SSSR count). The van der Waals surface area contributed by atoms with Crippen molar-refractivity contribution in [1.29, 1.82) is 0 Å². The Labute approximate surface area is 228 Å². The average molecular weight is 789 g/mol. The monoisotopic (exact) mass is 789 g/mol. The third kappa shape index (κ3) is 4.49. The van der Waals surface area contributed by atoms with Gasteiger partial charge in [-0.25, -0.2) is 13.2 Å². The Morgan fingerprint density at radius 1 is 0.906 bits per heavy atom. The van der Waals surface area contributed by atoms with E-state index in [-0.39, 0.29) is 16.6 Å². The maximum Gasteiger partial charge on any atom is 0.345 e. The summed E-state index contributed by atoms with van der Waals surface area (Å²) in [6.45, 7) is 0. The molecule has 4 fully saturated rings. The second-order valence-corrected chi connectivity index (χ2v) is 14.2. The van der Waals surface area contributed by atoms with E-state index in [4.69, 9.17) is 4.74 Å². The van der Waals surface area contributed by atoms with Crippen molar-refractivity contribution in [3.8, 4) is 5.75 Å². The quantitative estimate of drug-likeness (QED) is 0.161. The Morgan fingerprint density at radius 3 is 2.00 bits per heavy atom. The molecule has 4 bridgehead atoms. The van der Waals surface area contributed by atoms with E-state index in [9.17, 15) is 17.8 Å². The van der Waals surface area contributed by atoms with Crippen LogP contribution in [-0.4, -0.2) is 18.9 Å². The van der Waals surface area contributed by atoms with Crippen molar-refractivity contribution >= 4 is 83.9 Å². The molecule has 0 heterocycles. The van der Waals surface area contributed by atoms with Gasteiger partial charge >= 0.3 is 5.97 Å². The lowest BCUT2D eigenvalue weighted by molar-refractivity contribution is -0.00374. The molecular formula is C23H20I3O5S-. The van der Waals surface area contributed by atoms with Crippen LogP contribution in [0.25, 0.3) is 0 Å². The van der Waals surface area contributed by atoms with Crippen molar-refractivity contribution in [3.05, 3.63) is 52.2 Å². The fraction of sp³-hybridized carbons (Fsp3) is 0.435. The topological polar surface area (TPSA) is 83.5 Å². The minimum Gasteiger partial charge on any atom is -0.744 e. The number of esters is 1. The van der Waals surface area contributed by atoms with Crippen LogP contribution in [0.4, 0.5) is 0 Å². The Morgan fingerprint density at radius 2 is 1.47 bits per heavy atom. The van der Waals surface area contributed by atoms with Crippen molar-refractivity contribution in [2.24, 2.45) is 23.7 Å². The van der Waals surface area contributed by atoms with E-state index >= 15 is 0 Å². The van der Waals surface area contributed by atoms with E-state index in [1.165, 1.54) is 18.6 Å². The molecule has 0 atom stereocenters. The van der Waals surface area contributed by atoms with Gasteiger partial charge in [0.15, 0.2) is 0 Å². The third-order valence-electron chi connectivity index (χ3n) is 7.26. The molecule has 0 unspecified atom stereocenters. The molecule has 170 valence electrons. The molecule has 4 aliphatic carbocycles. The SMILES string of the molecule is O=C(Oc1ccc(S(=O)(=O)[O-])c(C2C3CC4CC(C3)CC2C4)c1)c1c(I)cc(I)cc1I. The first-order valence-corrected chi connectivity index (χ1v) is 15.2. The lowest BCUT2D eigenvalue weighted by Gasteiger charge is -2.55. The average Bonchev–Trinajstić information content (AvgIpc) is 2.65. The van der Waals surface area contributed by atoms with Gasteiger partial charge in [0.25, 0.3) is 0 Å². The molecule has 0 aromatic heterocycles. The summed E-state index contributed by atoms with van der Waals surface area (Å²) in [5, 5.41) is 0. The first-order chi connectivity index (χ1) is 15.1. The molecule has 4 saturated carbocycles. The van der Waals surface area contributed by atoms with Gasteiger partial charge in [-0.05, 0) is 165 Å². The smallest absolute Gasteiger partial charge is 0.345 e. The zero-order valence-electron chi connectivity index (χ0n) is 16.9. The van der Waals surface area contributed by atoms with E-state index in [2.05, 4.69) is 67.8 Å². The van der Waals surface area contributed by atoms with Crippen molar-refractivity contribution in [2.45, 2.75) is 42.9 Å². The minimum absolute atomic E-state index is 0.0405. The number of halogens is 3. The van der Waals surface area contributed by atoms with E-state index in [1.807, 2.05) is 12.1 Å². The van der Waals surface area contributed by atoms with E-state index in [0.29, 0.717) is 23.0 Å². The fourth-order valence-electron chi connectivity index (χ4n) is 6.41. The number of benzene rings is 2. The molecule has 0 N–H and O–H groups in total. The first-order valence-electron chi connectivity index (χ1n) is 10.6. The van der Waals surface area contributed by atoms with Crippen LogP contribution >= 0.6 is 67.8 Å². The number of hydrogen-bond donors (Lipinski definition) is 0. The predicted octanol–water partition coefficient (Wildman–Crippen LogP) is 6.16. The summed E-state index contributed by atoms with van der Waals surface area (Å²) >= 11 is 6.44. The van der Waals surface area contributed by atoms with Crippen LogP contribution in [0.15, 0.2) is 35.2 Å². The Bertz CT molecular complexity index is 1160. The van der Waals surface area contributed by atoms with Gasteiger partial charge in [0, 0.05) is 10.7 Å². The number of hydrogen-bond acceptors (Lipinski definition) is 5. The zero-order valence-corrected chi connectivity index (χ0v) is 24.2.